The van der Waals surface area contributed by atoms with Crippen LogP contribution in [0.5, 0.6) is 11.5 Å². The molecule has 0 saturated heterocycles. The molecule has 1 amide bonds. The first-order chi connectivity index (χ1) is 17.3. The van der Waals surface area contributed by atoms with E-state index in [-0.39, 0.29) is 23.8 Å². The molecule has 0 aliphatic rings. The lowest BCUT2D eigenvalue weighted by Crippen LogP contribution is -2.16. The van der Waals surface area contributed by atoms with Crippen molar-refractivity contribution in [3.8, 4) is 28.7 Å². The van der Waals surface area contributed by atoms with Crippen molar-refractivity contribution < 1.29 is 23.8 Å². The van der Waals surface area contributed by atoms with E-state index in [9.17, 15) is 14.9 Å². The fourth-order valence-electron chi connectivity index (χ4n) is 3.41. The highest BCUT2D eigenvalue weighted by atomic mass is 32.1. The van der Waals surface area contributed by atoms with Crippen molar-refractivity contribution in [3.63, 3.8) is 0 Å². The summed E-state index contributed by atoms with van der Waals surface area (Å²) in [6, 6.07) is 14.8. The maximum atomic E-state index is 13.0. The number of thiophene rings is 1. The van der Waals surface area contributed by atoms with Crippen LogP contribution in [0.25, 0.3) is 17.2 Å². The number of hydrogen-bond donors (Lipinski definition) is 1. The van der Waals surface area contributed by atoms with Crippen molar-refractivity contribution in [2.45, 2.75) is 33.8 Å². The normalized spacial score (nSPS) is 11.1. The average Bonchev–Trinajstić information content (AvgIpc) is 3.26. The van der Waals surface area contributed by atoms with E-state index in [4.69, 9.17) is 14.2 Å². The Kier molecular flexibility index (Phi) is 8.87. The molecule has 1 aromatic heterocycles. The highest BCUT2D eigenvalue weighted by molar-refractivity contribution is 7.15. The molecular weight excluding hydrogens is 476 g/mol. The number of carbonyl (C=O) groups excluding carboxylic acids is 2. The Morgan fingerprint density at radius 1 is 1.14 bits per heavy atom. The number of benzene rings is 2. The van der Waals surface area contributed by atoms with Gasteiger partial charge in [0.15, 0.2) is 11.5 Å². The van der Waals surface area contributed by atoms with Gasteiger partial charge >= 0.3 is 5.97 Å². The maximum Gasteiger partial charge on any atom is 0.341 e. The standard InChI is InChI=1S/C28H28N2O5S/c1-6-34-28(32)25-22(20-10-7-18(4)8-11-20)16-36-27(25)30-26(31)21(15-29)13-19-9-12-23(35-17(2)3)24(14-19)33-5/h7-14,16-17H,6H2,1-5H3,(H,30,31)/b21-13-. The molecule has 8 heteroatoms. The summed E-state index contributed by atoms with van der Waals surface area (Å²) in [5.41, 5.74) is 3.29. The molecule has 1 heterocycles. The number of ether oxygens (including phenoxy) is 3. The van der Waals surface area contributed by atoms with Crippen LogP contribution in [0.15, 0.2) is 53.4 Å². The summed E-state index contributed by atoms with van der Waals surface area (Å²) in [6.07, 6.45) is 1.42. The molecule has 2 aromatic carbocycles. The average molecular weight is 505 g/mol. The summed E-state index contributed by atoms with van der Waals surface area (Å²) >= 11 is 1.20. The molecule has 0 radical (unpaired) electrons. The second kappa shape index (κ2) is 12.0. The molecule has 36 heavy (non-hydrogen) atoms. The Labute approximate surface area is 214 Å². The summed E-state index contributed by atoms with van der Waals surface area (Å²) in [6.45, 7) is 7.70. The highest BCUT2D eigenvalue weighted by Crippen LogP contribution is 2.37. The molecule has 0 atom stereocenters. The van der Waals surface area contributed by atoms with Gasteiger partial charge in [0.1, 0.15) is 22.2 Å². The lowest BCUT2D eigenvalue weighted by Gasteiger charge is -2.14. The molecule has 0 unspecified atom stereocenters. The lowest BCUT2D eigenvalue weighted by molar-refractivity contribution is -0.112. The predicted molar refractivity (Wildman–Crippen MR) is 141 cm³/mol. The number of nitriles is 1. The largest absolute Gasteiger partial charge is 0.493 e. The van der Waals surface area contributed by atoms with Crippen molar-refractivity contribution in [2.75, 3.05) is 19.0 Å². The van der Waals surface area contributed by atoms with Crippen LogP contribution < -0.4 is 14.8 Å². The van der Waals surface area contributed by atoms with Crippen molar-refractivity contribution in [2.24, 2.45) is 0 Å². The summed E-state index contributed by atoms with van der Waals surface area (Å²) in [7, 11) is 1.52. The monoisotopic (exact) mass is 504 g/mol. The minimum absolute atomic E-state index is 0.0371. The Bertz CT molecular complexity index is 1320. The maximum absolute atomic E-state index is 13.0. The first-order valence-electron chi connectivity index (χ1n) is 11.4. The number of nitrogens with one attached hydrogen (secondary N) is 1. The molecule has 0 aliphatic carbocycles. The van der Waals surface area contributed by atoms with Crippen molar-refractivity contribution >= 4 is 34.3 Å². The zero-order valence-electron chi connectivity index (χ0n) is 20.9. The molecule has 186 valence electrons. The van der Waals surface area contributed by atoms with E-state index in [2.05, 4.69) is 5.32 Å². The fourth-order valence-corrected chi connectivity index (χ4v) is 4.36. The van der Waals surface area contributed by atoms with Crippen LogP contribution in [0.4, 0.5) is 5.00 Å². The summed E-state index contributed by atoms with van der Waals surface area (Å²) in [5, 5.41) is 14.5. The SMILES string of the molecule is CCOC(=O)c1c(-c2ccc(C)cc2)csc1NC(=O)/C(C#N)=C\c1ccc(OC(C)C)c(OC)c1. The van der Waals surface area contributed by atoms with Gasteiger partial charge in [-0.15, -0.1) is 11.3 Å². The molecule has 0 fully saturated rings. The van der Waals surface area contributed by atoms with Gasteiger partial charge in [-0.25, -0.2) is 4.79 Å². The number of esters is 1. The first-order valence-corrected chi connectivity index (χ1v) is 12.3. The number of anilines is 1. The molecule has 3 rings (SSSR count). The van der Waals surface area contributed by atoms with Gasteiger partial charge in [0.25, 0.3) is 5.91 Å². The molecule has 0 saturated carbocycles. The summed E-state index contributed by atoms with van der Waals surface area (Å²) < 4.78 is 16.4. The van der Waals surface area contributed by atoms with E-state index in [1.807, 2.05) is 51.1 Å². The van der Waals surface area contributed by atoms with Gasteiger partial charge in [-0.2, -0.15) is 5.26 Å². The van der Waals surface area contributed by atoms with Crippen LogP contribution in [0.1, 0.15) is 42.3 Å². The summed E-state index contributed by atoms with van der Waals surface area (Å²) in [4.78, 5) is 25.8. The quantitative estimate of drug-likeness (QED) is 0.210. The van der Waals surface area contributed by atoms with Gasteiger partial charge in [0.05, 0.1) is 19.8 Å². The summed E-state index contributed by atoms with van der Waals surface area (Å²) in [5.74, 6) is -0.130. The number of carbonyl (C=O) groups is 2. The minimum Gasteiger partial charge on any atom is -0.493 e. The topological polar surface area (TPSA) is 97.7 Å². The predicted octanol–water partition coefficient (Wildman–Crippen LogP) is 6.24. The molecule has 0 bridgehead atoms. The zero-order valence-corrected chi connectivity index (χ0v) is 21.7. The van der Waals surface area contributed by atoms with E-state index in [0.717, 1.165) is 11.1 Å². The number of aryl methyl sites for hydroxylation is 1. The van der Waals surface area contributed by atoms with Gasteiger partial charge < -0.3 is 19.5 Å². The van der Waals surface area contributed by atoms with Crippen molar-refractivity contribution in [1.29, 1.82) is 5.26 Å². The third-order valence-corrected chi connectivity index (χ3v) is 5.98. The Morgan fingerprint density at radius 3 is 2.47 bits per heavy atom. The molecule has 7 nitrogen and oxygen atoms in total. The van der Waals surface area contributed by atoms with Gasteiger partial charge in [-0.05, 0) is 57.0 Å². The zero-order chi connectivity index (χ0) is 26.2. The van der Waals surface area contributed by atoms with Crippen LogP contribution in [-0.2, 0) is 9.53 Å². The number of hydrogen-bond acceptors (Lipinski definition) is 7. The molecule has 1 N–H and O–H groups in total. The van der Waals surface area contributed by atoms with Gasteiger partial charge in [0, 0.05) is 10.9 Å². The third kappa shape index (κ3) is 6.32. The Hall–Kier alpha value is -4.09. The van der Waals surface area contributed by atoms with Crippen LogP contribution in [0.3, 0.4) is 0 Å². The van der Waals surface area contributed by atoms with Crippen LogP contribution in [0, 0.1) is 18.3 Å². The second-order valence-corrected chi connectivity index (χ2v) is 9.02. The number of amides is 1. The van der Waals surface area contributed by atoms with Gasteiger partial charge in [-0.1, -0.05) is 35.9 Å². The van der Waals surface area contributed by atoms with Crippen LogP contribution in [0.2, 0.25) is 0 Å². The van der Waals surface area contributed by atoms with Crippen LogP contribution in [-0.4, -0.2) is 31.7 Å². The Morgan fingerprint density at radius 2 is 1.86 bits per heavy atom. The number of nitrogens with zero attached hydrogens (tertiary/aromatic N) is 1. The molecule has 0 spiro atoms. The lowest BCUT2D eigenvalue weighted by atomic mass is 10.0. The van der Waals surface area contributed by atoms with E-state index in [1.165, 1.54) is 24.5 Å². The van der Waals surface area contributed by atoms with E-state index < -0.39 is 11.9 Å². The molecule has 0 aliphatic heterocycles. The van der Waals surface area contributed by atoms with Gasteiger partial charge in [0.2, 0.25) is 0 Å². The van der Waals surface area contributed by atoms with Crippen LogP contribution >= 0.6 is 11.3 Å². The van der Waals surface area contributed by atoms with E-state index in [0.29, 0.717) is 27.6 Å². The van der Waals surface area contributed by atoms with E-state index >= 15 is 0 Å². The number of methoxy groups -OCH3 is 1. The first kappa shape index (κ1) is 26.5. The fraction of sp³-hybridized carbons (Fsp3) is 0.250. The number of rotatable bonds is 9. The van der Waals surface area contributed by atoms with Gasteiger partial charge in [-0.3, -0.25) is 4.79 Å². The minimum atomic E-state index is -0.637. The second-order valence-electron chi connectivity index (χ2n) is 8.14. The van der Waals surface area contributed by atoms with E-state index in [1.54, 1.807) is 30.5 Å². The highest BCUT2D eigenvalue weighted by Gasteiger charge is 2.24. The molecule has 3 aromatic rings. The van der Waals surface area contributed by atoms with Crippen molar-refractivity contribution in [1.82, 2.24) is 0 Å². The third-order valence-electron chi connectivity index (χ3n) is 5.09. The Balaban J connectivity index is 1.93. The smallest absolute Gasteiger partial charge is 0.341 e. The van der Waals surface area contributed by atoms with Crippen molar-refractivity contribution in [3.05, 3.63) is 70.1 Å². The molecular formula is C28H28N2O5S.